The summed E-state index contributed by atoms with van der Waals surface area (Å²) in [5, 5.41) is 4.88. The summed E-state index contributed by atoms with van der Waals surface area (Å²) >= 11 is 0. The molecule has 0 bridgehead atoms. The van der Waals surface area contributed by atoms with Crippen molar-refractivity contribution in [3.05, 3.63) is 273 Å². The number of aromatic nitrogens is 5. The molecule has 3 aromatic heterocycles. The summed E-state index contributed by atoms with van der Waals surface area (Å²) in [5.74, 6) is 1.81. The van der Waals surface area contributed by atoms with Crippen LogP contribution in [0.25, 0.3) is 134 Å². The van der Waals surface area contributed by atoms with Crippen molar-refractivity contribution in [3.8, 4) is 90.0 Å². The summed E-state index contributed by atoms with van der Waals surface area (Å²) in [6, 6.07) is 97.2. The maximum absolute atomic E-state index is 5.31. The molecular weight excluding hydrogens is 899 g/mol. The lowest BCUT2D eigenvalue weighted by Crippen LogP contribution is -2.02. The minimum absolute atomic E-state index is 0.599. The molecule has 0 unspecified atom stereocenters. The zero-order valence-corrected chi connectivity index (χ0v) is 40.2. The Morgan fingerprint density at radius 3 is 0.986 bits per heavy atom. The second-order valence-corrected chi connectivity index (χ2v) is 18.8. The van der Waals surface area contributed by atoms with Gasteiger partial charge in [-0.25, -0.2) is 15.0 Å². The predicted molar refractivity (Wildman–Crippen MR) is 307 cm³/mol. The Morgan fingerprint density at radius 2 is 0.500 bits per heavy atom. The number of nitrogens with zero attached hydrogens (tertiary/aromatic N) is 5. The lowest BCUT2D eigenvalue weighted by Gasteiger charge is -2.17. The van der Waals surface area contributed by atoms with E-state index in [9.17, 15) is 0 Å². The van der Waals surface area contributed by atoms with Crippen LogP contribution in [0.2, 0.25) is 0 Å². The molecular formula is C69H45N5. The molecule has 0 aliphatic rings. The van der Waals surface area contributed by atoms with Gasteiger partial charge in [0.15, 0.2) is 17.5 Å². The van der Waals surface area contributed by atoms with Gasteiger partial charge in [0, 0.05) is 49.4 Å². The molecule has 0 amide bonds. The fraction of sp³-hybridized carbons (Fsp3) is 0. The third-order valence-electron chi connectivity index (χ3n) is 14.4. The van der Waals surface area contributed by atoms with Gasteiger partial charge >= 0.3 is 0 Å². The van der Waals surface area contributed by atoms with E-state index in [0.717, 1.165) is 83.5 Å². The van der Waals surface area contributed by atoms with Crippen LogP contribution in [0, 0.1) is 0 Å². The van der Waals surface area contributed by atoms with Gasteiger partial charge < -0.3 is 9.13 Å². The minimum atomic E-state index is 0.599. The van der Waals surface area contributed by atoms with Crippen molar-refractivity contribution >= 4 is 43.6 Å². The fourth-order valence-corrected chi connectivity index (χ4v) is 10.9. The quantitative estimate of drug-likeness (QED) is 0.145. The van der Waals surface area contributed by atoms with Crippen LogP contribution < -0.4 is 0 Å². The molecule has 0 saturated heterocycles. The largest absolute Gasteiger partial charge is 0.309 e. The first-order valence-corrected chi connectivity index (χ1v) is 25.1. The smallest absolute Gasteiger partial charge is 0.164 e. The highest BCUT2D eigenvalue weighted by Gasteiger charge is 2.21. The van der Waals surface area contributed by atoms with Crippen molar-refractivity contribution in [3.63, 3.8) is 0 Å². The van der Waals surface area contributed by atoms with Crippen LogP contribution in [0.4, 0.5) is 0 Å². The van der Waals surface area contributed by atoms with Crippen LogP contribution in [0.3, 0.4) is 0 Å². The maximum atomic E-state index is 5.31. The van der Waals surface area contributed by atoms with Crippen LogP contribution in [0.5, 0.6) is 0 Å². The average molecular weight is 944 g/mol. The lowest BCUT2D eigenvalue weighted by atomic mass is 9.94. The van der Waals surface area contributed by atoms with E-state index in [4.69, 9.17) is 15.0 Å². The average Bonchev–Trinajstić information content (AvgIpc) is 4.01. The molecule has 74 heavy (non-hydrogen) atoms. The van der Waals surface area contributed by atoms with Crippen molar-refractivity contribution in [2.75, 3.05) is 0 Å². The molecule has 0 atom stereocenters. The van der Waals surface area contributed by atoms with Gasteiger partial charge in [-0.1, -0.05) is 212 Å². The highest BCUT2D eigenvalue weighted by atomic mass is 15.0. The maximum Gasteiger partial charge on any atom is 0.164 e. The standard InChI is InChI=1S/C69H45N5/c1-4-19-46(20-5-1)51-25-18-26-52(43-51)53-39-41-65(73-61-31-14-10-27-55(61)56-28-11-15-32-62(56)73)59(44-53)48-35-37-50(38-36-48)68-70-67(49-23-8-3-9-24-49)71-69(72-68)54-40-42-66(60(45-54)47-21-6-2-7-22-47)74-63-33-16-12-29-57(63)58-30-13-17-34-64(58)74/h1-45H. The lowest BCUT2D eigenvalue weighted by molar-refractivity contribution is 1.07. The third-order valence-corrected chi connectivity index (χ3v) is 14.4. The van der Waals surface area contributed by atoms with Crippen LogP contribution in [-0.4, -0.2) is 24.1 Å². The van der Waals surface area contributed by atoms with E-state index in [1.807, 2.05) is 18.2 Å². The minimum Gasteiger partial charge on any atom is -0.309 e. The zero-order valence-electron chi connectivity index (χ0n) is 40.2. The number of hydrogen-bond acceptors (Lipinski definition) is 3. The zero-order chi connectivity index (χ0) is 49.0. The number of benzene rings is 11. The Labute approximate surface area is 428 Å². The monoisotopic (exact) mass is 943 g/mol. The van der Waals surface area contributed by atoms with E-state index in [0.29, 0.717) is 17.5 Å². The first-order chi connectivity index (χ1) is 36.7. The Bertz CT molecular complexity index is 4300. The van der Waals surface area contributed by atoms with Crippen molar-refractivity contribution < 1.29 is 0 Å². The number of hydrogen-bond donors (Lipinski definition) is 0. The van der Waals surface area contributed by atoms with E-state index in [1.54, 1.807) is 0 Å². The summed E-state index contributed by atoms with van der Waals surface area (Å²) in [4.78, 5) is 15.7. The summed E-state index contributed by atoms with van der Waals surface area (Å²) in [6.07, 6.45) is 0. The van der Waals surface area contributed by atoms with Crippen LogP contribution in [0.15, 0.2) is 273 Å². The highest BCUT2D eigenvalue weighted by Crippen LogP contribution is 2.41. The van der Waals surface area contributed by atoms with Crippen molar-refractivity contribution in [1.82, 2.24) is 24.1 Å². The van der Waals surface area contributed by atoms with Gasteiger partial charge in [-0.2, -0.15) is 0 Å². The molecule has 3 heterocycles. The van der Waals surface area contributed by atoms with Crippen LogP contribution in [0.1, 0.15) is 0 Å². The molecule has 346 valence electrons. The SMILES string of the molecule is c1ccc(-c2cccc(-c3ccc(-n4c5ccccc5c5ccccc54)c(-c4ccc(-c5nc(-c6ccccc6)nc(-c6ccc(-n7c8ccccc8c8ccccc87)c(-c7ccccc7)c6)n5)cc4)c3)c2)cc1. The number of fused-ring (bicyclic) bond motifs is 6. The fourth-order valence-electron chi connectivity index (χ4n) is 10.9. The van der Waals surface area contributed by atoms with Gasteiger partial charge in [0.25, 0.3) is 0 Å². The number of para-hydroxylation sites is 4. The van der Waals surface area contributed by atoms with Gasteiger partial charge in [0.1, 0.15) is 0 Å². The Kier molecular flexibility index (Phi) is 10.4. The van der Waals surface area contributed by atoms with Crippen LogP contribution >= 0.6 is 0 Å². The van der Waals surface area contributed by atoms with E-state index in [2.05, 4.69) is 264 Å². The Hall–Kier alpha value is -9.97. The third kappa shape index (κ3) is 7.46. The molecule has 5 heteroatoms. The molecule has 5 nitrogen and oxygen atoms in total. The van der Waals surface area contributed by atoms with Crippen LogP contribution in [-0.2, 0) is 0 Å². The Morgan fingerprint density at radius 1 is 0.203 bits per heavy atom. The first kappa shape index (κ1) is 42.9. The van der Waals surface area contributed by atoms with Crippen molar-refractivity contribution in [1.29, 1.82) is 0 Å². The molecule has 0 N–H and O–H groups in total. The van der Waals surface area contributed by atoms with Crippen molar-refractivity contribution in [2.24, 2.45) is 0 Å². The second kappa shape index (κ2) is 18.0. The van der Waals surface area contributed by atoms with Gasteiger partial charge in [0.05, 0.1) is 33.4 Å². The Balaban J connectivity index is 0.920. The molecule has 14 aromatic rings. The summed E-state index contributed by atoms with van der Waals surface area (Å²) in [5.41, 5.74) is 18.6. The summed E-state index contributed by atoms with van der Waals surface area (Å²) in [6.45, 7) is 0. The highest BCUT2D eigenvalue weighted by molar-refractivity contribution is 6.11. The topological polar surface area (TPSA) is 48.5 Å². The van der Waals surface area contributed by atoms with Gasteiger partial charge in [-0.15, -0.1) is 0 Å². The van der Waals surface area contributed by atoms with E-state index >= 15 is 0 Å². The predicted octanol–water partition coefficient (Wildman–Crippen LogP) is 17.7. The normalized spacial score (nSPS) is 11.5. The van der Waals surface area contributed by atoms with E-state index in [1.165, 1.54) is 32.7 Å². The molecule has 0 aliphatic carbocycles. The molecule has 0 radical (unpaired) electrons. The first-order valence-electron chi connectivity index (χ1n) is 25.1. The summed E-state index contributed by atoms with van der Waals surface area (Å²) in [7, 11) is 0. The molecule has 0 saturated carbocycles. The van der Waals surface area contributed by atoms with E-state index < -0.39 is 0 Å². The van der Waals surface area contributed by atoms with E-state index in [-0.39, 0.29) is 0 Å². The second-order valence-electron chi connectivity index (χ2n) is 18.8. The van der Waals surface area contributed by atoms with Gasteiger partial charge in [-0.05, 0) is 94.0 Å². The molecule has 0 fully saturated rings. The molecule has 14 rings (SSSR count). The van der Waals surface area contributed by atoms with Crippen molar-refractivity contribution in [2.45, 2.75) is 0 Å². The van der Waals surface area contributed by atoms with Gasteiger partial charge in [-0.3, -0.25) is 0 Å². The molecule has 0 spiro atoms. The summed E-state index contributed by atoms with van der Waals surface area (Å²) < 4.78 is 4.80. The molecule has 11 aromatic carbocycles. The number of rotatable bonds is 9. The van der Waals surface area contributed by atoms with Gasteiger partial charge in [0.2, 0.25) is 0 Å². The molecule has 0 aliphatic heterocycles.